The van der Waals surface area contributed by atoms with Gasteiger partial charge in [-0.25, -0.2) is 4.79 Å². The Morgan fingerprint density at radius 1 is 1.09 bits per heavy atom. The van der Waals surface area contributed by atoms with Gasteiger partial charge in [0.1, 0.15) is 11.5 Å². The monoisotopic (exact) mass is 462 g/mol. The van der Waals surface area contributed by atoms with Crippen LogP contribution in [-0.4, -0.2) is 41.8 Å². The molecule has 2 amide bonds. The molecule has 1 atom stereocenters. The minimum absolute atomic E-state index is 0.143. The molecule has 4 rings (SSSR count). The first-order chi connectivity index (χ1) is 16.4. The van der Waals surface area contributed by atoms with Crippen molar-refractivity contribution >= 4 is 11.6 Å². The maximum absolute atomic E-state index is 13.1. The molecule has 0 aliphatic carbocycles. The van der Waals surface area contributed by atoms with Crippen molar-refractivity contribution in [1.29, 1.82) is 0 Å². The van der Waals surface area contributed by atoms with Gasteiger partial charge in [0, 0.05) is 17.8 Å². The number of rotatable bonds is 8. The lowest BCUT2D eigenvalue weighted by molar-refractivity contribution is 0.202. The molecule has 0 bridgehead atoms. The van der Waals surface area contributed by atoms with Crippen LogP contribution in [0.4, 0.5) is 4.79 Å². The maximum Gasteiger partial charge on any atom is 0.322 e. The molecule has 1 N–H and O–H groups in total. The Kier molecular flexibility index (Phi) is 6.86. The van der Waals surface area contributed by atoms with Crippen molar-refractivity contribution in [3.05, 3.63) is 65.7 Å². The van der Waals surface area contributed by atoms with E-state index in [9.17, 15) is 4.79 Å². The van der Waals surface area contributed by atoms with Crippen molar-refractivity contribution in [2.24, 2.45) is 5.92 Å². The third-order valence-electron chi connectivity index (χ3n) is 5.96. The van der Waals surface area contributed by atoms with E-state index >= 15 is 0 Å². The zero-order valence-electron chi connectivity index (χ0n) is 20.2. The van der Waals surface area contributed by atoms with Crippen LogP contribution in [0, 0.1) is 5.92 Å². The van der Waals surface area contributed by atoms with Crippen molar-refractivity contribution < 1.29 is 18.8 Å². The molecule has 8 nitrogen and oxygen atoms in total. The fourth-order valence-corrected chi connectivity index (χ4v) is 3.97. The molecule has 178 valence electrons. The highest BCUT2D eigenvalue weighted by Gasteiger charge is 2.35. The summed E-state index contributed by atoms with van der Waals surface area (Å²) in [5.41, 5.74) is 3.25. The summed E-state index contributed by atoms with van der Waals surface area (Å²) >= 11 is 0. The minimum atomic E-state index is -0.438. The van der Waals surface area contributed by atoms with Gasteiger partial charge in [0.2, 0.25) is 5.82 Å². The second-order valence-electron chi connectivity index (χ2n) is 8.64. The standard InChI is InChI=1S/C26H30N4O4/c1-16(2)13-14-30-17(3)22(23(27-26(30)31)18-9-11-20(32-4)12-10-18)25-28-24(29-34-25)19-7-6-8-21(15-19)33-5/h6-12,15-16,23H,13-14H2,1-5H3,(H,27,31). The van der Waals surface area contributed by atoms with Gasteiger partial charge < -0.3 is 19.3 Å². The van der Waals surface area contributed by atoms with Gasteiger partial charge in [0.15, 0.2) is 0 Å². The molecule has 8 heteroatoms. The fourth-order valence-electron chi connectivity index (χ4n) is 3.97. The molecule has 2 heterocycles. The van der Waals surface area contributed by atoms with Crippen LogP contribution >= 0.6 is 0 Å². The number of nitrogens with zero attached hydrogens (tertiary/aromatic N) is 3. The van der Waals surface area contributed by atoms with Crippen molar-refractivity contribution in [2.45, 2.75) is 33.2 Å². The molecule has 1 aliphatic rings. The van der Waals surface area contributed by atoms with Gasteiger partial charge in [-0.05, 0) is 49.1 Å². The highest BCUT2D eigenvalue weighted by molar-refractivity contribution is 5.86. The number of aromatic nitrogens is 2. The van der Waals surface area contributed by atoms with Crippen molar-refractivity contribution in [1.82, 2.24) is 20.4 Å². The normalized spacial score (nSPS) is 16.1. The van der Waals surface area contributed by atoms with Gasteiger partial charge in [0.25, 0.3) is 5.89 Å². The van der Waals surface area contributed by atoms with Crippen molar-refractivity contribution in [2.75, 3.05) is 20.8 Å². The molecule has 1 aromatic heterocycles. The molecule has 1 aliphatic heterocycles. The second-order valence-corrected chi connectivity index (χ2v) is 8.64. The first-order valence-corrected chi connectivity index (χ1v) is 11.3. The van der Waals surface area contributed by atoms with Crippen LogP contribution in [0.3, 0.4) is 0 Å². The number of allylic oxidation sites excluding steroid dienone is 1. The number of hydrogen-bond donors (Lipinski definition) is 1. The Bertz CT molecular complexity index is 1180. The Morgan fingerprint density at radius 3 is 2.50 bits per heavy atom. The zero-order valence-corrected chi connectivity index (χ0v) is 20.2. The molecule has 0 saturated heterocycles. The van der Waals surface area contributed by atoms with E-state index < -0.39 is 6.04 Å². The smallest absolute Gasteiger partial charge is 0.322 e. The van der Waals surface area contributed by atoms with Gasteiger partial charge in [-0.2, -0.15) is 4.98 Å². The number of hydrogen-bond acceptors (Lipinski definition) is 6. The molecule has 0 radical (unpaired) electrons. The highest BCUT2D eigenvalue weighted by Crippen LogP contribution is 2.38. The van der Waals surface area contributed by atoms with Crippen LogP contribution in [0.25, 0.3) is 17.0 Å². The third kappa shape index (κ3) is 4.76. The number of carbonyl (C=O) groups is 1. The fraction of sp³-hybridized carbons (Fsp3) is 0.346. The number of nitrogens with one attached hydrogen (secondary N) is 1. The molecular formula is C26H30N4O4. The predicted octanol–water partition coefficient (Wildman–Crippen LogP) is 5.30. The summed E-state index contributed by atoms with van der Waals surface area (Å²) in [6, 6.07) is 14.5. The molecule has 0 saturated carbocycles. The number of ether oxygens (including phenoxy) is 2. The van der Waals surface area contributed by atoms with E-state index in [4.69, 9.17) is 19.0 Å². The molecule has 1 unspecified atom stereocenters. The van der Waals surface area contributed by atoms with Crippen LogP contribution in [0.1, 0.15) is 44.7 Å². The topological polar surface area (TPSA) is 89.7 Å². The summed E-state index contributed by atoms with van der Waals surface area (Å²) in [4.78, 5) is 19.5. The SMILES string of the molecule is COc1ccc(C2NC(=O)N(CCC(C)C)C(C)=C2c2nc(-c3cccc(OC)c3)no2)cc1. The van der Waals surface area contributed by atoms with Gasteiger partial charge in [0.05, 0.1) is 25.8 Å². The van der Waals surface area contributed by atoms with E-state index in [0.717, 1.165) is 34.6 Å². The predicted molar refractivity (Wildman–Crippen MR) is 129 cm³/mol. The summed E-state index contributed by atoms with van der Waals surface area (Å²) in [6.45, 7) is 6.81. The van der Waals surface area contributed by atoms with E-state index in [1.54, 1.807) is 19.1 Å². The van der Waals surface area contributed by atoms with E-state index in [1.807, 2.05) is 55.5 Å². The summed E-state index contributed by atoms with van der Waals surface area (Å²) in [6.07, 6.45) is 0.879. The lowest BCUT2D eigenvalue weighted by Gasteiger charge is -2.35. The van der Waals surface area contributed by atoms with Crippen LogP contribution in [0.5, 0.6) is 11.5 Å². The second kappa shape index (κ2) is 9.99. The van der Waals surface area contributed by atoms with Gasteiger partial charge in [-0.3, -0.25) is 4.90 Å². The Hall–Kier alpha value is -3.81. The zero-order chi connectivity index (χ0) is 24.2. The number of carbonyl (C=O) groups excluding carboxylic acids is 1. The Balaban J connectivity index is 1.77. The lowest BCUT2D eigenvalue weighted by Crippen LogP contribution is -2.46. The largest absolute Gasteiger partial charge is 0.497 e. The Labute approximate surface area is 199 Å². The van der Waals surface area contributed by atoms with Crippen LogP contribution in [0.15, 0.2) is 58.8 Å². The van der Waals surface area contributed by atoms with E-state index in [-0.39, 0.29) is 6.03 Å². The minimum Gasteiger partial charge on any atom is -0.497 e. The lowest BCUT2D eigenvalue weighted by atomic mass is 9.94. The van der Waals surface area contributed by atoms with Gasteiger partial charge >= 0.3 is 6.03 Å². The summed E-state index contributed by atoms with van der Waals surface area (Å²) in [5.74, 6) is 2.73. The number of urea groups is 1. The van der Waals surface area contributed by atoms with E-state index in [0.29, 0.717) is 29.9 Å². The highest BCUT2D eigenvalue weighted by atomic mass is 16.5. The summed E-state index contributed by atoms with van der Waals surface area (Å²) in [7, 11) is 3.24. The van der Waals surface area contributed by atoms with Gasteiger partial charge in [-0.1, -0.05) is 43.3 Å². The number of amides is 2. The molecule has 0 spiro atoms. The van der Waals surface area contributed by atoms with Gasteiger partial charge in [-0.15, -0.1) is 0 Å². The molecule has 34 heavy (non-hydrogen) atoms. The summed E-state index contributed by atoms with van der Waals surface area (Å²) in [5, 5.41) is 7.35. The summed E-state index contributed by atoms with van der Waals surface area (Å²) < 4.78 is 16.4. The third-order valence-corrected chi connectivity index (χ3v) is 5.96. The van der Waals surface area contributed by atoms with Crippen molar-refractivity contribution in [3.8, 4) is 22.9 Å². The number of benzene rings is 2. The maximum atomic E-state index is 13.1. The Morgan fingerprint density at radius 2 is 1.82 bits per heavy atom. The average Bonchev–Trinajstić information content (AvgIpc) is 3.33. The van der Waals surface area contributed by atoms with E-state index in [2.05, 4.69) is 24.3 Å². The first kappa shape index (κ1) is 23.4. The first-order valence-electron chi connectivity index (χ1n) is 11.3. The molecular weight excluding hydrogens is 432 g/mol. The molecule has 3 aromatic rings. The van der Waals surface area contributed by atoms with Crippen LogP contribution in [0.2, 0.25) is 0 Å². The van der Waals surface area contributed by atoms with E-state index in [1.165, 1.54) is 0 Å². The van der Waals surface area contributed by atoms with Crippen LogP contribution < -0.4 is 14.8 Å². The number of methoxy groups -OCH3 is 2. The molecule has 2 aromatic carbocycles. The average molecular weight is 463 g/mol. The van der Waals surface area contributed by atoms with Crippen molar-refractivity contribution in [3.63, 3.8) is 0 Å². The quantitative estimate of drug-likeness (QED) is 0.489. The molecule has 0 fully saturated rings. The van der Waals surface area contributed by atoms with Crippen LogP contribution in [-0.2, 0) is 0 Å².